The van der Waals surface area contributed by atoms with Crippen LogP contribution in [0.15, 0.2) is 0 Å². The Kier molecular flexibility index (Phi) is 6.54. The number of hydrogen-bond donors (Lipinski definition) is 2. The van der Waals surface area contributed by atoms with Gasteiger partial charge in [0.1, 0.15) is 6.04 Å². The SMILES string of the molecule is COC(=O)C(NCCCS(=O)(=O)O)C(C)C. The van der Waals surface area contributed by atoms with Gasteiger partial charge in [0.15, 0.2) is 0 Å². The van der Waals surface area contributed by atoms with Gasteiger partial charge < -0.3 is 10.1 Å². The largest absolute Gasteiger partial charge is 0.468 e. The first-order chi connectivity index (χ1) is 7.28. The van der Waals surface area contributed by atoms with Gasteiger partial charge in [-0.3, -0.25) is 9.35 Å². The Balaban J connectivity index is 4.00. The molecule has 16 heavy (non-hydrogen) atoms. The van der Waals surface area contributed by atoms with E-state index in [4.69, 9.17) is 4.55 Å². The van der Waals surface area contributed by atoms with Gasteiger partial charge in [0, 0.05) is 0 Å². The first kappa shape index (κ1) is 15.3. The summed E-state index contributed by atoms with van der Waals surface area (Å²) in [6.45, 7) is 4.05. The van der Waals surface area contributed by atoms with Crippen molar-refractivity contribution >= 4 is 16.1 Å². The summed E-state index contributed by atoms with van der Waals surface area (Å²) in [5.74, 6) is -0.633. The van der Waals surface area contributed by atoms with Gasteiger partial charge in [-0.2, -0.15) is 8.42 Å². The minimum Gasteiger partial charge on any atom is -0.468 e. The zero-order valence-electron chi connectivity index (χ0n) is 9.76. The average Bonchev–Trinajstić information content (AvgIpc) is 2.14. The average molecular weight is 253 g/mol. The molecule has 2 N–H and O–H groups in total. The Labute approximate surface area is 96.1 Å². The number of esters is 1. The number of ether oxygens (including phenoxy) is 1. The molecule has 6 nitrogen and oxygen atoms in total. The van der Waals surface area contributed by atoms with E-state index in [-0.39, 0.29) is 24.1 Å². The highest BCUT2D eigenvalue weighted by atomic mass is 32.2. The molecule has 0 saturated heterocycles. The second-order valence-electron chi connectivity index (χ2n) is 3.84. The molecule has 0 aliphatic rings. The van der Waals surface area contributed by atoms with Crippen molar-refractivity contribution < 1.29 is 22.5 Å². The number of methoxy groups -OCH3 is 1. The smallest absolute Gasteiger partial charge is 0.323 e. The van der Waals surface area contributed by atoms with Gasteiger partial charge in [-0.1, -0.05) is 13.8 Å². The van der Waals surface area contributed by atoms with Crippen molar-refractivity contribution in [1.82, 2.24) is 5.32 Å². The summed E-state index contributed by atoms with van der Waals surface area (Å²) in [6, 6.07) is -0.452. The van der Waals surface area contributed by atoms with Crippen LogP contribution in [0.2, 0.25) is 0 Å². The Bertz CT molecular complexity index is 312. The summed E-state index contributed by atoms with van der Waals surface area (Å²) < 4.78 is 34.0. The third kappa shape index (κ3) is 6.76. The zero-order chi connectivity index (χ0) is 12.8. The number of nitrogens with one attached hydrogen (secondary N) is 1. The topological polar surface area (TPSA) is 92.7 Å². The van der Waals surface area contributed by atoms with E-state index in [2.05, 4.69) is 10.1 Å². The lowest BCUT2D eigenvalue weighted by Crippen LogP contribution is -2.42. The lowest BCUT2D eigenvalue weighted by atomic mass is 10.0. The van der Waals surface area contributed by atoms with Crippen LogP contribution in [0.25, 0.3) is 0 Å². The summed E-state index contributed by atoms with van der Waals surface area (Å²) in [5, 5.41) is 2.89. The molecule has 0 rings (SSSR count). The van der Waals surface area contributed by atoms with Crippen molar-refractivity contribution in [1.29, 1.82) is 0 Å². The van der Waals surface area contributed by atoms with Crippen LogP contribution in [-0.4, -0.2) is 44.4 Å². The highest BCUT2D eigenvalue weighted by Crippen LogP contribution is 2.03. The van der Waals surface area contributed by atoms with Gasteiger partial charge in [0.2, 0.25) is 0 Å². The second kappa shape index (κ2) is 6.82. The standard InChI is InChI=1S/C9H19NO5S/c1-7(2)8(9(11)15-3)10-5-4-6-16(12,13)14/h7-8,10H,4-6H2,1-3H3,(H,12,13,14). The molecule has 0 aromatic heterocycles. The van der Waals surface area contributed by atoms with Crippen molar-refractivity contribution in [3.63, 3.8) is 0 Å². The summed E-state index contributed by atoms with van der Waals surface area (Å²) in [7, 11) is -2.62. The van der Waals surface area contributed by atoms with Crippen molar-refractivity contribution in [2.24, 2.45) is 5.92 Å². The third-order valence-corrected chi connectivity index (χ3v) is 2.87. The number of hydrogen-bond acceptors (Lipinski definition) is 5. The van der Waals surface area contributed by atoms with E-state index in [9.17, 15) is 13.2 Å². The van der Waals surface area contributed by atoms with Crippen LogP contribution in [0.5, 0.6) is 0 Å². The van der Waals surface area contributed by atoms with Crippen molar-refractivity contribution in [2.75, 3.05) is 19.4 Å². The van der Waals surface area contributed by atoms with Gasteiger partial charge in [-0.25, -0.2) is 0 Å². The fraction of sp³-hybridized carbons (Fsp3) is 0.889. The van der Waals surface area contributed by atoms with E-state index in [0.29, 0.717) is 6.54 Å². The van der Waals surface area contributed by atoms with E-state index in [1.165, 1.54) is 7.11 Å². The molecule has 0 amide bonds. The monoisotopic (exact) mass is 253 g/mol. The zero-order valence-corrected chi connectivity index (χ0v) is 10.6. The maximum Gasteiger partial charge on any atom is 0.323 e. The van der Waals surface area contributed by atoms with Gasteiger partial charge in [0.05, 0.1) is 12.9 Å². The number of carbonyl (C=O) groups excluding carboxylic acids is 1. The van der Waals surface area contributed by atoms with Crippen LogP contribution < -0.4 is 5.32 Å². The number of carbonyl (C=O) groups is 1. The summed E-state index contributed by atoms with van der Waals surface area (Å²) in [6.07, 6.45) is 0.249. The van der Waals surface area contributed by atoms with Gasteiger partial charge >= 0.3 is 5.97 Å². The molecule has 1 atom stereocenters. The predicted octanol–water partition coefficient (Wildman–Crippen LogP) is 0.0515. The van der Waals surface area contributed by atoms with Crippen molar-refractivity contribution in [3.8, 4) is 0 Å². The van der Waals surface area contributed by atoms with E-state index in [0.717, 1.165) is 0 Å². The van der Waals surface area contributed by atoms with Crippen LogP contribution >= 0.6 is 0 Å². The molecule has 0 aliphatic heterocycles. The van der Waals surface area contributed by atoms with E-state index < -0.39 is 16.2 Å². The fourth-order valence-corrected chi connectivity index (χ4v) is 1.74. The van der Waals surface area contributed by atoms with E-state index >= 15 is 0 Å². The van der Waals surface area contributed by atoms with E-state index in [1.807, 2.05) is 13.8 Å². The quantitative estimate of drug-likeness (QED) is 0.378. The predicted molar refractivity (Wildman–Crippen MR) is 59.7 cm³/mol. The highest BCUT2D eigenvalue weighted by molar-refractivity contribution is 7.85. The first-order valence-electron chi connectivity index (χ1n) is 5.04. The molecule has 1 unspecified atom stereocenters. The second-order valence-corrected chi connectivity index (χ2v) is 5.41. The minimum absolute atomic E-state index is 0.0539. The Morgan fingerprint density at radius 1 is 1.44 bits per heavy atom. The third-order valence-electron chi connectivity index (χ3n) is 2.07. The summed E-state index contributed by atoms with van der Waals surface area (Å²) in [5.41, 5.74) is 0. The van der Waals surface area contributed by atoms with Crippen LogP contribution in [0.4, 0.5) is 0 Å². The maximum atomic E-state index is 11.3. The lowest BCUT2D eigenvalue weighted by Gasteiger charge is -2.19. The number of rotatable bonds is 7. The molecule has 0 fully saturated rings. The van der Waals surface area contributed by atoms with Gasteiger partial charge in [-0.15, -0.1) is 0 Å². The molecule has 0 saturated carbocycles. The molecule has 0 aliphatic carbocycles. The molecule has 0 bridgehead atoms. The maximum absolute atomic E-state index is 11.3. The van der Waals surface area contributed by atoms with Gasteiger partial charge in [-0.05, 0) is 18.9 Å². The lowest BCUT2D eigenvalue weighted by molar-refractivity contribution is -0.144. The summed E-state index contributed by atoms with van der Waals surface area (Å²) in [4.78, 5) is 11.3. The Hall–Kier alpha value is -0.660. The summed E-state index contributed by atoms with van der Waals surface area (Å²) >= 11 is 0. The fourth-order valence-electron chi connectivity index (χ4n) is 1.23. The van der Waals surface area contributed by atoms with Crippen molar-refractivity contribution in [3.05, 3.63) is 0 Å². The van der Waals surface area contributed by atoms with Gasteiger partial charge in [0.25, 0.3) is 10.1 Å². The Morgan fingerprint density at radius 3 is 2.38 bits per heavy atom. The highest BCUT2D eigenvalue weighted by Gasteiger charge is 2.21. The molecular formula is C9H19NO5S. The van der Waals surface area contributed by atoms with Crippen LogP contribution in [0, 0.1) is 5.92 Å². The van der Waals surface area contributed by atoms with Crippen LogP contribution in [0.3, 0.4) is 0 Å². The molecule has 96 valence electrons. The normalized spacial score (nSPS) is 13.8. The van der Waals surface area contributed by atoms with Crippen LogP contribution in [0.1, 0.15) is 20.3 Å². The molecule has 0 aromatic rings. The molecule has 0 radical (unpaired) electrons. The Morgan fingerprint density at radius 2 is 2.00 bits per heavy atom. The molecule has 7 heteroatoms. The van der Waals surface area contributed by atoms with E-state index in [1.54, 1.807) is 0 Å². The van der Waals surface area contributed by atoms with Crippen molar-refractivity contribution in [2.45, 2.75) is 26.3 Å². The molecule has 0 heterocycles. The molecular weight excluding hydrogens is 234 g/mol. The van der Waals surface area contributed by atoms with Crippen LogP contribution in [-0.2, 0) is 19.6 Å². The first-order valence-corrected chi connectivity index (χ1v) is 6.65. The molecule has 0 spiro atoms. The minimum atomic E-state index is -3.92. The molecule has 0 aromatic carbocycles.